The van der Waals surface area contributed by atoms with Gasteiger partial charge in [-0.2, -0.15) is 5.26 Å². The average molecular weight is 306 g/mol. The van der Waals surface area contributed by atoms with Crippen molar-refractivity contribution in [3.8, 4) is 6.07 Å². The van der Waals surface area contributed by atoms with Crippen molar-refractivity contribution in [2.75, 3.05) is 31.1 Å². The van der Waals surface area contributed by atoms with Gasteiger partial charge in [0.1, 0.15) is 5.82 Å². The summed E-state index contributed by atoms with van der Waals surface area (Å²) in [6, 6.07) is 13.3. The van der Waals surface area contributed by atoms with E-state index in [9.17, 15) is 4.79 Å². The summed E-state index contributed by atoms with van der Waals surface area (Å²) in [7, 11) is 0. The number of aromatic nitrogens is 1. The molecule has 1 amide bonds. The molecule has 23 heavy (non-hydrogen) atoms. The molecule has 2 aromatic rings. The quantitative estimate of drug-likeness (QED) is 0.853. The Morgan fingerprint density at radius 3 is 2.61 bits per heavy atom. The standard InChI is InChI=1S/C18H18N4O/c1-14-4-2-3-5-16(14)18(23)22-10-8-21(9-11-22)17-12-15(13-19)6-7-20-17/h2-7,12H,8-11H2,1H3. The molecular formula is C18H18N4O. The third kappa shape index (κ3) is 3.16. The largest absolute Gasteiger partial charge is 0.353 e. The Bertz CT molecular complexity index is 758. The fourth-order valence-electron chi connectivity index (χ4n) is 2.78. The highest BCUT2D eigenvalue weighted by molar-refractivity contribution is 5.95. The van der Waals surface area contributed by atoms with Crippen LogP contribution in [0.15, 0.2) is 42.6 Å². The van der Waals surface area contributed by atoms with Crippen molar-refractivity contribution in [1.82, 2.24) is 9.88 Å². The molecule has 0 aliphatic carbocycles. The monoisotopic (exact) mass is 306 g/mol. The summed E-state index contributed by atoms with van der Waals surface area (Å²) >= 11 is 0. The predicted octanol–water partition coefficient (Wildman–Crippen LogP) is 2.22. The molecule has 1 aromatic heterocycles. The van der Waals surface area contributed by atoms with Gasteiger partial charge < -0.3 is 9.80 Å². The zero-order valence-electron chi connectivity index (χ0n) is 13.1. The number of pyridine rings is 1. The minimum absolute atomic E-state index is 0.0847. The summed E-state index contributed by atoms with van der Waals surface area (Å²) in [5.41, 5.74) is 2.38. The second kappa shape index (κ2) is 6.49. The minimum Gasteiger partial charge on any atom is -0.353 e. The predicted molar refractivity (Wildman–Crippen MR) is 88.2 cm³/mol. The molecule has 1 fully saturated rings. The summed E-state index contributed by atoms with van der Waals surface area (Å²) in [5, 5.41) is 8.98. The normalized spacial score (nSPS) is 14.4. The highest BCUT2D eigenvalue weighted by Crippen LogP contribution is 2.17. The number of hydrogen-bond donors (Lipinski definition) is 0. The second-order valence-electron chi connectivity index (χ2n) is 5.61. The maximum atomic E-state index is 12.6. The topological polar surface area (TPSA) is 60.2 Å². The average Bonchev–Trinajstić information content (AvgIpc) is 2.62. The first-order valence-electron chi connectivity index (χ1n) is 7.65. The number of benzene rings is 1. The molecule has 0 bridgehead atoms. The number of piperazine rings is 1. The molecule has 1 aliphatic rings. The number of amides is 1. The van der Waals surface area contributed by atoms with E-state index in [-0.39, 0.29) is 5.91 Å². The first kappa shape index (κ1) is 15.0. The number of nitrogens with zero attached hydrogens (tertiary/aromatic N) is 4. The van der Waals surface area contributed by atoms with E-state index in [2.05, 4.69) is 16.0 Å². The minimum atomic E-state index is 0.0847. The van der Waals surface area contributed by atoms with E-state index >= 15 is 0 Å². The van der Waals surface area contributed by atoms with Crippen LogP contribution in [0.4, 0.5) is 5.82 Å². The van der Waals surface area contributed by atoms with Crippen molar-refractivity contribution in [3.63, 3.8) is 0 Å². The molecule has 1 aliphatic heterocycles. The van der Waals surface area contributed by atoms with Gasteiger partial charge in [-0.25, -0.2) is 4.98 Å². The number of nitriles is 1. The highest BCUT2D eigenvalue weighted by Gasteiger charge is 2.23. The van der Waals surface area contributed by atoms with Crippen LogP contribution in [0.25, 0.3) is 0 Å². The van der Waals surface area contributed by atoms with Gasteiger partial charge in [-0.05, 0) is 30.7 Å². The van der Waals surface area contributed by atoms with Gasteiger partial charge in [0.05, 0.1) is 11.6 Å². The Hall–Kier alpha value is -2.87. The Morgan fingerprint density at radius 1 is 1.17 bits per heavy atom. The van der Waals surface area contributed by atoms with E-state index in [4.69, 9.17) is 5.26 Å². The van der Waals surface area contributed by atoms with Crippen molar-refractivity contribution in [3.05, 3.63) is 59.3 Å². The van der Waals surface area contributed by atoms with Crippen LogP contribution < -0.4 is 4.90 Å². The number of carbonyl (C=O) groups is 1. The van der Waals surface area contributed by atoms with E-state index in [0.29, 0.717) is 18.7 Å². The Kier molecular flexibility index (Phi) is 4.24. The van der Waals surface area contributed by atoms with E-state index in [1.807, 2.05) is 36.1 Å². The third-order valence-electron chi connectivity index (χ3n) is 4.14. The van der Waals surface area contributed by atoms with E-state index < -0.39 is 0 Å². The van der Waals surface area contributed by atoms with Crippen LogP contribution in [0.2, 0.25) is 0 Å². The molecule has 0 atom stereocenters. The maximum Gasteiger partial charge on any atom is 0.254 e. The lowest BCUT2D eigenvalue weighted by molar-refractivity contribution is 0.0746. The lowest BCUT2D eigenvalue weighted by Crippen LogP contribution is -2.49. The van der Waals surface area contributed by atoms with Crippen LogP contribution >= 0.6 is 0 Å². The van der Waals surface area contributed by atoms with Crippen molar-refractivity contribution in [2.45, 2.75) is 6.92 Å². The Morgan fingerprint density at radius 2 is 1.91 bits per heavy atom. The van der Waals surface area contributed by atoms with Crippen molar-refractivity contribution >= 4 is 11.7 Å². The van der Waals surface area contributed by atoms with Crippen molar-refractivity contribution in [2.24, 2.45) is 0 Å². The fraction of sp³-hybridized carbons (Fsp3) is 0.278. The van der Waals surface area contributed by atoms with Gasteiger partial charge in [0.25, 0.3) is 5.91 Å². The van der Waals surface area contributed by atoms with Gasteiger partial charge in [-0.3, -0.25) is 4.79 Å². The van der Waals surface area contributed by atoms with Crippen molar-refractivity contribution in [1.29, 1.82) is 5.26 Å². The lowest BCUT2D eigenvalue weighted by Gasteiger charge is -2.35. The maximum absolute atomic E-state index is 12.6. The summed E-state index contributed by atoms with van der Waals surface area (Å²) in [4.78, 5) is 20.9. The SMILES string of the molecule is Cc1ccccc1C(=O)N1CCN(c2cc(C#N)ccn2)CC1. The van der Waals surface area contributed by atoms with Crippen LogP contribution in [-0.2, 0) is 0 Å². The Labute approximate surface area is 135 Å². The van der Waals surface area contributed by atoms with Crippen molar-refractivity contribution < 1.29 is 4.79 Å². The molecule has 5 heteroatoms. The van der Waals surface area contributed by atoms with Gasteiger partial charge in [-0.15, -0.1) is 0 Å². The number of anilines is 1. The molecule has 0 unspecified atom stereocenters. The molecular weight excluding hydrogens is 288 g/mol. The molecule has 2 heterocycles. The smallest absolute Gasteiger partial charge is 0.254 e. The lowest BCUT2D eigenvalue weighted by atomic mass is 10.1. The van der Waals surface area contributed by atoms with E-state index in [1.165, 1.54) is 0 Å². The molecule has 0 saturated carbocycles. The van der Waals surface area contributed by atoms with Crippen LogP contribution in [0.5, 0.6) is 0 Å². The number of rotatable bonds is 2. The summed E-state index contributed by atoms with van der Waals surface area (Å²) in [6.45, 7) is 4.72. The molecule has 3 rings (SSSR count). The number of aryl methyl sites for hydroxylation is 1. The molecule has 0 spiro atoms. The van der Waals surface area contributed by atoms with Gasteiger partial charge in [0.2, 0.25) is 0 Å². The zero-order valence-corrected chi connectivity index (χ0v) is 13.1. The molecule has 0 N–H and O–H groups in total. The molecule has 1 aromatic carbocycles. The number of hydrogen-bond acceptors (Lipinski definition) is 4. The number of carbonyl (C=O) groups excluding carboxylic acids is 1. The van der Waals surface area contributed by atoms with Crippen LogP contribution in [0.1, 0.15) is 21.5 Å². The molecule has 5 nitrogen and oxygen atoms in total. The van der Waals surface area contributed by atoms with E-state index in [1.54, 1.807) is 18.3 Å². The summed E-state index contributed by atoms with van der Waals surface area (Å²) < 4.78 is 0. The van der Waals surface area contributed by atoms with Crippen LogP contribution in [0.3, 0.4) is 0 Å². The van der Waals surface area contributed by atoms with Gasteiger partial charge in [0.15, 0.2) is 0 Å². The van der Waals surface area contributed by atoms with Gasteiger partial charge >= 0.3 is 0 Å². The van der Waals surface area contributed by atoms with Gasteiger partial charge in [0, 0.05) is 37.9 Å². The first-order valence-corrected chi connectivity index (χ1v) is 7.65. The zero-order chi connectivity index (χ0) is 16.2. The summed E-state index contributed by atoms with van der Waals surface area (Å²) in [6.07, 6.45) is 1.65. The summed E-state index contributed by atoms with van der Waals surface area (Å²) in [5.74, 6) is 0.883. The first-order chi connectivity index (χ1) is 11.2. The molecule has 1 saturated heterocycles. The van der Waals surface area contributed by atoms with E-state index in [0.717, 1.165) is 30.0 Å². The van der Waals surface area contributed by atoms with Crippen LogP contribution in [-0.4, -0.2) is 42.0 Å². The molecule has 0 radical (unpaired) electrons. The highest BCUT2D eigenvalue weighted by atomic mass is 16.2. The van der Waals surface area contributed by atoms with Gasteiger partial charge in [-0.1, -0.05) is 18.2 Å². The second-order valence-corrected chi connectivity index (χ2v) is 5.61. The van der Waals surface area contributed by atoms with Crippen LogP contribution in [0, 0.1) is 18.3 Å². The fourth-order valence-corrected chi connectivity index (χ4v) is 2.78. The third-order valence-corrected chi connectivity index (χ3v) is 4.14. The Balaban J connectivity index is 1.68. The molecule has 116 valence electrons.